The number of hydrogen-bond acceptors (Lipinski definition) is 2. The first-order valence-corrected chi connectivity index (χ1v) is 10.5. The third-order valence-electron chi connectivity index (χ3n) is 8.62. The molecule has 0 saturated heterocycles. The Hall–Kier alpha value is -1.09. The molecule has 6 aliphatic rings. The van der Waals surface area contributed by atoms with Gasteiger partial charge in [0.2, 0.25) is 0 Å². The van der Waals surface area contributed by atoms with Crippen molar-refractivity contribution >= 4 is 5.97 Å². The summed E-state index contributed by atoms with van der Waals surface area (Å²) in [6, 6.07) is 0. The summed E-state index contributed by atoms with van der Waals surface area (Å²) in [5.74, 6) is 2.45. The highest BCUT2D eigenvalue weighted by Crippen LogP contribution is 2.60. The lowest BCUT2D eigenvalue weighted by atomic mass is 9.48. The van der Waals surface area contributed by atoms with Crippen molar-refractivity contribution in [3.63, 3.8) is 0 Å². The molecule has 0 aromatic rings. The fourth-order valence-corrected chi connectivity index (χ4v) is 6.30. The molecule has 1 N–H and O–H groups in total. The summed E-state index contributed by atoms with van der Waals surface area (Å²) in [5, 5.41) is 9.20. The fourth-order valence-electron chi connectivity index (χ4n) is 6.30. The number of allylic oxidation sites excluding steroid dienone is 2. The number of aliphatic carboxylic acids is 1. The van der Waals surface area contributed by atoms with E-state index in [0.717, 1.165) is 24.9 Å². The third-order valence-corrected chi connectivity index (χ3v) is 8.62. The van der Waals surface area contributed by atoms with Gasteiger partial charge in [-0.05, 0) is 60.2 Å². The normalized spacial score (nSPS) is 35.9. The second-order valence-corrected chi connectivity index (χ2v) is 10.5. The van der Waals surface area contributed by atoms with Crippen LogP contribution in [-0.2, 0) is 4.79 Å². The minimum absolute atomic E-state index is 0.244. The average molecular weight is 358 g/mol. The Balaban J connectivity index is 1.46. The molecule has 26 heavy (non-hydrogen) atoms. The summed E-state index contributed by atoms with van der Waals surface area (Å²) in [6.07, 6.45) is 10.3. The zero-order valence-corrected chi connectivity index (χ0v) is 16.9. The Morgan fingerprint density at radius 2 is 1.46 bits per heavy atom. The van der Waals surface area contributed by atoms with E-state index in [1.54, 1.807) is 11.1 Å². The highest BCUT2D eigenvalue weighted by molar-refractivity contribution is 5.66. The van der Waals surface area contributed by atoms with Crippen molar-refractivity contribution in [1.29, 1.82) is 0 Å². The molecule has 0 aromatic heterocycles. The van der Waals surface area contributed by atoms with Crippen LogP contribution in [-0.4, -0.2) is 35.6 Å². The molecular weight excluding hydrogens is 322 g/mol. The maximum Gasteiger partial charge on any atom is 0.304 e. The van der Waals surface area contributed by atoms with Crippen molar-refractivity contribution in [1.82, 2.24) is 4.90 Å². The van der Waals surface area contributed by atoms with E-state index in [1.807, 2.05) is 0 Å². The molecule has 0 aliphatic heterocycles. The van der Waals surface area contributed by atoms with Crippen molar-refractivity contribution in [3.05, 3.63) is 23.3 Å². The number of carboxylic acid groups (broad SMARTS) is 1. The van der Waals surface area contributed by atoms with Gasteiger partial charge >= 0.3 is 5.97 Å². The van der Waals surface area contributed by atoms with Crippen LogP contribution in [0.25, 0.3) is 0 Å². The lowest BCUT2D eigenvalue weighted by Gasteiger charge is -2.58. The Kier molecular flexibility index (Phi) is 4.38. The molecule has 2 fully saturated rings. The van der Waals surface area contributed by atoms with Gasteiger partial charge in [-0.1, -0.05) is 51.0 Å². The molecule has 6 rings (SSSR count). The van der Waals surface area contributed by atoms with Gasteiger partial charge in [-0.2, -0.15) is 0 Å². The summed E-state index contributed by atoms with van der Waals surface area (Å²) in [6.45, 7) is 12.3. The van der Waals surface area contributed by atoms with Crippen LogP contribution in [0.5, 0.6) is 0 Å². The topological polar surface area (TPSA) is 40.5 Å². The highest BCUT2D eigenvalue weighted by Gasteiger charge is 2.52. The SMILES string of the molecule is CC1(C)[C@H]2CC=C(CN(CCC(=O)O)CC3=CC[C@H]4C[C@@H]3C4(C)C)[C@@H]1C2. The number of hydrogen-bond donors (Lipinski definition) is 1. The fraction of sp³-hybridized carbons (Fsp3) is 0.783. The molecule has 4 bridgehead atoms. The van der Waals surface area contributed by atoms with Crippen molar-refractivity contribution in [2.75, 3.05) is 19.6 Å². The standard InChI is InChI=1S/C23H35NO2/c1-22(2)17-7-5-15(19(22)11-17)13-24(10-9-21(25)26)14-16-6-8-18-12-20(16)23(18,3)4/h5-6,17-20H,7-14H2,1-4H3,(H,25,26)/t17-,18-,19-,20-/m0/s1. The molecule has 0 spiro atoms. The van der Waals surface area contributed by atoms with Crippen LogP contribution in [0.4, 0.5) is 0 Å². The van der Waals surface area contributed by atoms with Crippen LogP contribution in [0.3, 0.4) is 0 Å². The van der Waals surface area contributed by atoms with Gasteiger partial charge in [0.1, 0.15) is 0 Å². The number of carboxylic acids is 1. The van der Waals surface area contributed by atoms with Gasteiger partial charge in [0.25, 0.3) is 0 Å². The molecule has 0 heterocycles. The zero-order chi connectivity index (χ0) is 18.7. The van der Waals surface area contributed by atoms with Crippen molar-refractivity contribution in [3.8, 4) is 0 Å². The number of rotatable bonds is 7. The second-order valence-electron chi connectivity index (χ2n) is 10.5. The van der Waals surface area contributed by atoms with Crippen LogP contribution in [0.2, 0.25) is 0 Å². The number of nitrogens with zero attached hydrogens (tertiary/aromatic N) is 1. The number of carbonyl (C=O) groups is 1. The van der Waals surface area contributed by atoms with Crippen molar-refractivity contribution < 1.29 is 9.90 Å². The second kappa shape index (κ2) is 6.22. The Morgan fingerprint density at radius 1 is 1.00 bits per heavy atom. The third kappa shape index (κ3) is 2.87. The maximum absolute atomic E-state index is 11.2. The van der Waals surface area contributed by atoms with Gasteiger partial charge in [-0.25, -0.2) is 0 Å². The monoisotopic (exact) mass is 357 g/mol. The van der Waals surface area contributed by atoms with Gasteiger partial charge in [-0.15, -0.1) is 0 Å². The van der Waals surface area contributed by atoms with Crippen LogP contribution >= 0.6 is 0 Å². The number of fused-ring (bicyclic) bond motifs is 2. The average Bonchev–Trinajstić information content (AvgIpc) is 2.59. The van der Waals surface area contributed by atoms with Crippen LogP contribution in [0, 0.1) is 34.5 Å². The summed E-state index contributed by atoms with van der Waals surface area (Å²) in [7, 11) is 0. The van der Waals surface area contributed by atoms with E-state index in [0.29, 0.717) is 29.2 Å². The smallest absolute Gasteiger partial charge is 0.304 e. The van der Waals surface area contributed by atoms with E-state index in [4.69, 9.17) is 0 Å². The van der Waals surface area contributed by atoms with E-state index in [9.17, 15) is 9.90 Å². The van der Waals surface area contributed by atoms with Crippen LogP contribution < -0.4 is 0 Å². The zero-order valence-electron chi connectivity index (χ0n) is 16.9. The van der Waals surface area contributed by atoms with Gasteiger partial charge in [0.15, 0.2) is 0 Å². The lowest BCUT2D eigenvalue weighted by Crippen LogP contribution is -2.51. The summed E-state index contributed by atoms with van der Waals surface area (Å²) in [4.78, 5) is 13.6. The van der Waals surface area contributed by atoms with E-state index in [2.05, 4.69) is 44.7 Å². The first-order chi connectivity index (χ1) is 12.2. The minimum atomic E-state index is -0.682. The minimum Gasteiger partial charge on any atom is -0.481 e. The molecular formula is C23H35NO2. The summed E-state index contributed by atoms with van der Waals surface area (Å²) >= 11 is 0. The van der Waals surface area contributed by atoms with Gasteiger partial charge in [-0.3, -0.25) is 9.69 Å². The molecule has 0 aromatic carbocycles. The first kappa shape index (κ1) is 18.3. The molecule has 3 heteroatoms. The van der Waals surface area contributed by atoms with E-state index in [-0.39, 0.29) is 6.42 Å². The largest absolute Gasteiger partial charge is 0.481 e. The molecule has 0 unspecified atom stereocenters. The Morgan fingerprint density at radius 3 is 1.81 bits per heavy atom. The van der Waals surface area contributed by atoms with Crippen LogP contribution in [0.1, 0.15) is 59.8 Å². The van der Waals surface area contributed by atoms with Crippen LogP contribution in [0.15, 0.2) is 23.3 Å². The lowest BCUT2D eigenvalue weighted by molar-refractivity contribution is -0.137. The predicted octanol–water partition coefficient (Wildman–Crippen LogP) is 4.75. The van der Waals surface area contributed by atoms with Crippen molar-refractivity contribution in [2.45, 2.75) is 59.8 Å². The molecule has 2 saturated carbocycles. The van der Waals surface area contributed by atoms with E-state index >= 15 is 0 Å². The Bertz CT molecular complexity index is 609. The van der Waals surface area contributed by atoms with Gasteiger partial charge in [0, 0.05) is 19.6 Å². The highest BCUT2D eigenvalue weighted by atomic mass is 16.4. The van der Waals surface area contributed by atoms with Crippen molar-refractivity contribution in [2.24, 2.45) is 34.5 Å². The molecule has 0 amide bonds. The summed E-state index contributed by atoms with van der Waals surface area (Å²) in [5.41, 5.74) is 4.03. The maximum atomic E-state index is 11.2. The summed E-state index contributed by atoms with van der Waals surface area (Å²) < 4.78 is 0. The Labute approximate surface area is 158 Å². The van der Waals surface area contributed by atoms with E-state index in [1.165, 1.54) is 25.7 Å². The van der Waals surface area contributed by atoms with Gasteiger partial charge in [0.05, 0.1) is 6.42 Å². The molecule has 0 radical (unpaired) electrons. The predicted molar refractivity (Wildman–Crippen MR) is 105 cm³/mol. The first-order valence-electron chi connectivity index (χ1n) is 10.5. The molecule has 4 atom stereocenters. The molecule has 3 nitrogen and oxygen atoms in total. The molecule has 6 aliphatic carbocycles. The quantitative estimate of drug-likeness (QED) is 0.669. The van der Waals surface area contributed by atoms with E-state index < -0.39 is 5.97 Å². The molecule has 144 valence electrons. The van der Waals surface area contributed by atoms with Gasteiger partial charge < -0.3 is 5.11 Å².